The van der Waals surface area contributed by atoms with E-state index >= 15 is 0 Å². The molecule has 14 heavy (non-hydrogen) atoms. The Morgan fingerprint density at radius 2 is 2.36 bits per heavy atom. The molecule has 0 spiro atoms. The van der Waals surface area contributed by atoms with Gasteiger partial charge in [0, 0.05) is 9.75 Å². The monoisotopic (exact) mass is 235 g/mol. The summed E-state index contributed by atoms with van der Waals surface area (Å²) in [6, 6.07) is 1.72. The number of hydrogen-bond donors (Lipinski definition) is 2. The molecular weight excluding hydrogens is 222 g/mol. The van der Waals surface area contributed by atoms with Crippen molar-refractivity contribution in [2.75, 3.05) is 6.54 Å². The Bertz CT molecular complexity index is 317. The van der Waals surface area contributed by atoms with Crippen LogP contribution in [0.3, 0.4) is 0 Å². The summed E-state index contributed by atoms with van der Waals surface area (Å²) in [6.07, 6.45) is 1.62. The van der Waals surface area contributed by atoms with E-state index in [1.54, 1.807) is 17.4 Å². The van der Waals surface area contributed by atoms with Crippen molar-refractivity contribution in [3.05, 3.63) is 21.4 Å². The molecule has 5 heteroatoms. The molecule has 0 radical (unpaired) electrons. The highest BCUT2D eigenvalue weighted by molar-refractivity contribution is 7.12. The molecule has 1 rings (SSSR count). The van der Waals surface area contributed by atoms with E-state index < -0.39 is 5.97 Å². The van der Waals surface area contributed by atoms with Gasteiger partial charge in [0.05, 0.1) is 5.56 Å². The van der Waals surface area contributed by atoms with Crippen LogP contribution in [0.5, 0.6) is 0 Å². The second kappa shape index (κ2) is 6.01. The van der Waals surface area contributed by atoms with Gasteiger partial charge in [0.15, 0.2) is 0 Å². The predicted molar refractivity (Wildman–Crippen MR) is 54.5 cm³/mol. The van der Waals surface area contributed by atoms with E-state index in [0.29, 0.717) is 12.1 Å². The highest BCUT2D eigenvalue weighted by atomic mass is 35.5. The average Bonchev–Trinajstić information content (AvgIpc) is 2.43. The summed E-state index contributed by atoms with van der Waals surface area (Å²) in [5.74, 6) is -0.837. The Labute approximate surface area is 94.8 Å². The lowest BCUT2D eigenvalue weighted by atomic mass is 10.2. The van der Waals surface area contributed by atoms with E-state index in [1.165, 1.54) is 0 Å². The van der Waals surface area contributed by atoms with Gasteiger partial charge in [0.25, 0.3) is 0 Å². The predicted octanol–water partition coefficient (Wildman–Crippen LogP) is -1.24. The van der Waals surface area contributed by atoms with E-state index in [0.717, 1.165) is 22.6 Å². The summed E-state index contributed by atoms with van der Waals surface area (Å²) in [4.78, 5) is 12.8. The fourth-order valence-electron chi connectivity index (χ4n) is 1.19. The van der Waals surface area contributed by atoms with Crippen molar-refractivity contribution < 1.29 is 23.7 Å². The van der Waals surface area contributed by atoms with Crippen LogP contribution in [-0.4, -0.2) is 17.6 Å². The number of carboxylic acids is 1. The fraction of sp³-hybridized carbons (Fsp3) is 0.444. The molecule has 1 aromatic rings. The third-order valence-electron chi connectivity index (χ3n) is 1.77. The van der Waals surface area contributed by atoms with Gasteiger partial charge in [-0.1, -0.05) is 0 Å². The van der Waals surface area contributed by atoms with Gasteiger partial charge in [-0.15, -0.1) is 11.3 Å². The lowest BCUT2D eigenvalue weighted by Gasteiger charge is -1.96. The minimum Gasteiger partial charge on any atom is -1.00 e. The molecule has 0 saturated heterocycles. The molecule has 3 nitrogen and oxygen atoms in total. The molecule has 1 heterocycles. The molecule has 0 aliphatic rings. The molecule has 0 fully saturated rings. The molecule has 0 bridgehead atoms. The van der Waals surface area contributed by atoms with Gasteiger partial charge in [0.1, 0.15) is 0 Å². The van der Waals surface area contributed by atoms with E-state index in [4.69, 9.17) is 10.8 Å². The van der Waals surface area contributed by atoms with Crippen molar-refractivity contribution in [2.45, 2.75) is 19.8 Å². The van der Waals surface area contributed by atoms with Crippen LogP contribution in [0, 0.1) is 6.92 Å². The Morgan fingerprint density at radius 1 is 1.71 bits per heavy atom. The van der Waals surface area contributed by atoms with Crippen LogP contribution in [0.4, 0.5) is 0 Å². The lowest BCUT2D eigenvalue weighted by molar-refractivity contribution is -0.0000184. The first-order chi connectivity index (χ1) is 6.15. The molecule has 0 amide bonds. The van der Waals surface area contributed by atoms with Crippen LogP contribution in [0.2, 0.25) is 0 Å². The number of nitrogens with two attached hydrogens (primary N) is 1. The van der Waals surface area contributed by atoms with Gasteiger partial charge in [-0.05, 0) is 32.4 Å². The van der Waals surface area contributed by atoms with Crippen LogP contribution in [0.1, 0.15) is 28.0 Å². The van der Waals surface area contributed by atoms with Crippen LogP contribution >= 0.6 is 11.3 Å². The van der Waals surface area contributed by atoms with Crippen molar-refractivity contribution in [1.29, 1.82) is 0 Å². The zero-order chi connectivity index (χ0) is 9.84. The summed E-state index contributed by atoms with van der Waals surface area (Å²) in [6.45, 7) is 2.53. The number of aryl methyl sites for hydroxylation is 2. The first kappa shape index (κ1) is 13.4. The van der Waals surface area contributed by atoms with Crippen molar-refractivity contribution in [2.24, 2.45) is 5.73 Å². The van der Waals surface area contributed by atoms with Crippen molar-refractivity contribution in [3.8, 4) is 0 Å². The molecule has 0 aliphatic carbocycles. The van der Waals surface area contributed by atoms with E-state index in [9.17, 15) is 4.79 Å². The normalized spacial score (nSPS) is 9.57. The fourth-order valence-corrected chi connectivity index (χ4v) is 2.26. The Kier molecular flexibility index (Phi) is 5.76. The van der Waals surface area contributed by atoms with Gasteiger partial charge in [-0.25, -0.2) is 4.79 Å². The number of hydrogen-bond acceptors (Lipinski definition) is 3. The summed E-state index contributed by atoms with van der Waals surface area (Å²) < 4.78 is 0. The minimum absolute atomic E-state index is 0. The molecular formula is C9H14ClNO2S. The highest BCUT2D eigenvalue weighted by Crippen LogP contribution is 2.22. The maximum Gasteiger partial charge on any atom is 1.00 e. The lowest BCUT2D eigenvalue weighted by Crippen LogP contribution is -3.00. The van der Waals surface area contributed by atoms with Gasteiger partial charge in [-0.3, -0.25) is 0 Å². The summed E-state index contributed by atoms with van der Waals surface area (Å²) in [5.41, 5.74) is 5.81. The topological polar surface area (TPSA) is 63.3 Å². The van der Waals surface area contributed by atoms with Crippen LogP contribution in [-0.2, 0) is 6.42 Å². The number of halogens is 1. The van der Waals surface area contributed by atoms with E-state index in [-0.39, 0.29) is 13.8 Å². The van der Waals surface area contributed by atoms with Gasteiger partial charge >= 0.3 is 7.40 Å². The molecule has 3 N–H and O–H groups in total. The number of carboxylic acid groups (broad SMARTS) is 1. The quantitative estimate of drug-likeness (QED) is 0.687. The smallest absolute Gasteiger partial charge is 1.00 e. The molecule has 0 aromatic carbocycles. The van der Waals surface area contributed by atoms with Gasteiger partial charge in [0.2, 0.25) is 0 Å². The molecule has 0 aliphatic heterocycles. The first-order valence-corrected chi connectivity index (χ1v) is 4.99. The highest BCUT2D eigenvalue weighted by Gasteiger charge is 2.12. The minimum atomic E-state index is -0.837. The third kappa shape index (κ3) is 3.29. The van der Waals surface area contributed by atoms with Crippen molar-refractivity contribution in [3.63, 3.8) is 0 Å². The van der Waals surface area contributed by atoms with Gasteiger partial charge in [-0.2, -0.15) is 0 Å². The number of rotatable bonds is 4. The van der Waals surface area contributed by atoms with Gasteiger partial charge < -0.3 is 23.2 Å². The molecule has 0 unspecified atom stereocenters. The maximum absolute atomic E-state index is 10.8. The van der Waals surface area contributed by atoms with Crippen molar-refractivity contribution >= 4 is 17.3 Å². The second-order valence-corrected chi connectivity index (χ2v) is 4.23. The first-order valence-electron chi connectivity index (χ1n) is 4.18. The van der Waals surface area contributed by atoms with Crippen molar-refractivity contribution in [1.82, 2.24) is 0 Å². The number of carbonyl (C=O) groups is 1. The summed E-state index contributed by atoms with van der Waals surface area (Å²) >= 11 is 1.55. The molecule has 0 atom stereocenters. The second-order valence-electron chi connectivity index (χ2n) is 2.89. The SMILES string of the molecule is Cc1cc(C(=O)O)c(CCCN)s1.[Cl-].[H+]. The zero-order valence-corrected chi connectivity index (χ0v) is 9.49. The Morgan fingerprint density at radius 3 is 2.86 bits per heavy atom. The Hall–Kier alpha value is -0.580. The molecule has 80 valence electrons. The summed E-state index contributed by atoms with van der Waals surface area (Å²) in [5, 5.41) is 8.85. The standard InChI is InChI=1S/C9H13NO2S.ClH/c1-6-5-7(9(11)12)8(13-6)3-2-4-10;/h5H,2-4,10H2,1H3,(H,11,12);1H. The van der Waals surface area contributed by atoms with Crippen LogP contribution in [0.25, 0.3) is 0 Å². The maximum atomic E-state index is 10.8. The van der Waals surface area contributed by atoms with Crippen LogP contribution in [0.15, 0.2) is 6.07 Å². The largest absolute Gasteiger partial charge is 1.00 e. The Balaban J connectivity index is 0. The number of thiophene rings is 1. The zero-order valence-electron chi connectivity index (χ0n) is 8.92. The third-order valence-corrected chi connectivity index (χ3v) is 2.88. The number of aromatic carboxylic acids is 1. The molecule has 1 aromatic heterocycles. The van der Waals surface area contributed by atoms with Crippen LogP contribution < -0.4 is 18.1 Å². The summed E-state index contributed by atoms with van der Waals surface area (Å²) in [7, 11) is 0. The molecule has 0 saturated carbocycles. The van der Waals surface area contributed by atoms with E-state index in [1.807, 2.05) is 6.92 Å². The average molecular weight is 236 g/mol. The van der Waals surface area contributed by atoms with E-state index in [2.05, 4.69) is 0 Å².